The van der Waals surface area contributed by atoms with Crippen LogP contribution in [0.4, 0.5) is 15.8 Å². The first-order valence-electron chi connectivity index (χ1n) is 9.62. The van der Waals surface area contributed by atoms with Gasteiger partial charge in [-0.2, -0.15) is 11.3 Å². The van der Waals surface area contributed by atoms with Crippen molar-refractivity contribution in [3.8, 4) is 0 Å². The molecule has 1 aromatic heterocycles. The quantitative estimate of drug-likeness (QED) is 0.642. The number of aryl methyl sites for hydroxylation is 1. The first-order chi connectivity index (χ1) is 14.1. The molecule has 2 aromatic carbocycles. The van der Waals surface area contributed by atoms with E-state index in [0.717, 1.165) is 30.5 Å². The molecule has 29 heavy (non-hydrogen) atoms. The molecule has 1 N–H and O–H groups in total. The molecule has 6 heteroatoms. The molecule has 0 atom stereocenters. The van der Waals surface area contributed by atoms with Crippen molar-refractivity contribution in [2.75, 3.05) is 16.8 Å². The van der Waals surface area contributed by atoms with E-state index < -0.39 is 0 Å². The number of nitrogens with zero attached hydrogens (tertiary/aromatic N) is 1. The average molecular weight is 408 g/mol. The van der Waals surface area contributed by atoms with Gasteiger partial charge in [-0.05, 0) is 83.6 Å². The number of hydrogen-bond acceptors (Lipinski definition) is 3. The van der Waals surface area contributed by atoms with E-state index in [1.165, 1.54) is 29.8 Å². The van der Waals surface area contributed by atoms with Crippen LogP contribution < -0.4 is 10.2 Å². The molecule has 4 rings (SSSR count). The Labute approximate surface area is 173 Å². The molecule has 4 nitrogen and oxygen atoms in total. The third kappa shape index (κ3) is 4.38. The summed E-state index contributed by atoms with van der Waals surface area (Å²) in [4.78, 5) is 27.2. The Balaban J connectivity index is 1.51. The minimum Gasteiger partial charge on any atom is -0.322 e. The molecule has 3 aromatic rings. The minimum atomic E-state index is -0.379. The smallest absolute Gasteiger partial charge is 0.255 e. The van der Waals surface area contributed by atoms with Gasteiger partial charge in [-0.1, -0.05) is 6.07 Å². The number of nitrogens with one attached hydrogen (secondary N) is 1. The topological polar surface area (TPSA) is 49.4 Å². The Morgan fingerprint density at radius 3 is 2.69 bits per heavy atom. The lowest BCUT2D eigenvalue weighted by atomic mass is 9.98. The predicted molar refractivity (Wildman–Crippen MR) is 114 cm³/mol. The lowest BCUT2D eigenvalue weighted by Crippen LogP contribution is -2.36. The van der Waals surface area contributed by atoms with E-state index in [9.17, 15) is 14.0 Å². The minimum absolute atomic E-state index is 0.0964. The third-order valence-corrected chi connectivity index (χ3v) is 5.85. The summed E-state index contributed by atoms with van der Waals surface area (Å²) in [7, 11) is 0. The van der Waals surface area contributed by atoms with Crippen LogP contribution in [0, 0.1) is 5.82 Å². The van der Waals surface area contributed by atoms with Crippen molar-refractivity contribution in [2.24, 2.45) is 0 Å². The summed E-state index contributed by atoms with van der Waals surface area (Å²) >= 11 is 1.64. The monoisotopic (exact) mass is 408 g/mol. The van der Waals surface area contributed by atoms with Crippen LogP contribution in [0.15, 0.2) is 59.3 Å². The summed E-state index contributed by atoms with van der Waals surface area (Å²) in [5.41, 5.74) is 4.11. The highest BCUT2D eigenvalue weighted by Gasteiger charge is 2.24. The van der Waals surface area contributed by atoms with Gasteiger partial charge >= 0.3 is 0 Å². The zero-order valence-electron chi connectivity index (χ0n) is 15.9. The van der Waals surface area contributed by atoms with Crippen LogP contribution in [0.2, 0.25) is 0 Å². The third-order valence-electron chi connectivity index (χ3n) is 5.11. The highest BCUT2D eigenvalue weighted by molar-refractivity contribution is 7.07. The van der Waals surface area contributed by atoms with E-state index in [1.54, 1.807) is 11.3 Å². The molecule has 0 radical (unpaired) electrons. The molecule has 0 spiro atoms. The van der Waals surface area contributed by atoms with Crippen LogP contribution in [-0.4, -0.2) is 18.4 Å². The molecule has 148 valence electrons. The molecule has 0 saturated heterocycles. The lowest BCUT2D eigenvalue weighted by molar-refractivity contribution is -0.118. The van der Waals surface area contributed by atoms with E-state index in [-0.39, 0.29) is 17.6 Å². The number of carbonyl (C=O) groups is 2. The average Bonchev–Trinajstić information content (AvgIpc) is 3.26. The number of carbonyl (C=O) groups excluding carboxylic acids is 2. The van der Waals surface area contributed by atoms with Crippen molar-refractivity contribution in [1.29, 1.82) is 0 Å². The molecule has 2 amide bonds. The molecule has 0 aliphatic carbocycles. The Morgan fingerprint density at radius 2 is 1.93 bits per heavy atom. The zero-order valence-corrected chi connectivity index (χ0v) is 16.7. The number of hydrogen-bond donors (Lipinski definition) is 1. The largest absolute Gasteiger partial charge is 0.322 e. The number of fused-ring (bicyclic) bond motifs is 1. The SMILES string of the molecule is O=C(Nc1cccc2c1CCCN2C(=O)CCc1ccsc1)c1ccc(F)cc1. The normalized spacial score (nSPS) is 13.1. The van der Waals surface area contributed by atoms with Gasteiger partial charge in [-0.15, -0.1) is 0 Å². The highest BCUT2D eigenvalue weighted by atomic mass is 32.1. The van der Waals surface area contributed by atoms with Crippen LogP contribution in [0.5, 0.6) is 0 Å². The van der Waals surface area contributed by atoms with Gasteiger partial charge in [0, 0.05) is 29.9 Å². The van der Waals surface area contributed by atoms with Gasteiger partial charge in [0.1, 0.15) is 5.82 Å². The Bertz CT molecular complexity index is 1020. The van der Waals surface area contributed by atoms with Crippen LogP contribution in [0.25, 0.3) is 0 Å². The van der Waals surface area contributed by atoms with Crippen LogP contribution in [-0.2, 0) is 17.6 Å². The molecule has 1 aliphatic heterocycles. The van der Waals surface area contributed by atoms with Crippen molar-refractivity contribution in [3.05, 3.63) is 81.8 Å². The fourth-order valence-electron chi connectivity index (χ4n) is 3.62. The number of rotatable bonds is 5. The maximum atomic E-state index is 13.1. The van der Waals surface area contributed by atoms with Gasteiger partial charge in [-0.25, -0.2) is 4.39 Å². The first-order valence-corrected chi connectivity index (χ1v) is 10.6. The van der Waals surface area contributed by atoms with Crippen LogP contribution in [0.3, 0.4) is 0 Å². The molecular formula is C23H21FN2O2S. The van der Waals surface area contributed by atoms with E-state index >= 15 is 0 Å². The Hall–Kier alpha value is -2.99. The number of anilines is 2. The lowest BCUT2D eigenvalue weighted by Gasteiger charge is -2.31. The van der Waals surface area contributed by atoms with Crippen molar-refractivity contribution < 1.29 is 14.0 Å². The van der Waals surface area contributed by atoms with Gasteiger partial charge in [0.15, 0.2) is 0 Å². The van der Waals surface area contributed by atoms with Gasteiger partial charge in [-0.3, -0.25) is 9.59 Å². The molecule has 0 fully saturated rings. The van der Waals surface area contributed by atoms with Crippen molar-refractivity contribution in [2.45, 2.75) is 25.7 Å². The van der Waals surface area contributed by atoms with E-state index in [4.69, 9.17) is 0 Å². The maximum absolute atomic E-state index is 13.1. The summed E-state index contributed by atoms with van der Waals surface area (Å²) in [6.07, 6.45) is 2.83. The van der Waals surface area contributed by atoms with E-state index in [1.807, 2.05) is 34.5 Å². The van der Waals surface area contributed by atoms with Crippen molar-refractivity contribution in [1.82, 2.24) is 0 Å². The molecule has 1 aliphatic rings. The van der Waals surface area contributed by atoms with Gasteiger partial charge < -0.3 is 10.2 Å². The van der Waals surface area contributed by atoms with Crippen LogP contribution in [0.1, 0.15) is 34.3 Å². The number of benzene rings is 2. The van der Waals surface area contributed by atoms with E-state index in [2.05, 4.69) is 10.7 Å². The Morgan fingerprint density at radius 1 is 1.10 bits per heavy atom. The number of thiophene rings is 1. The zero-order chi connectivity index (χ0) is 20.2. The summed E-state index contributed by atoms with van der Waals surface area (Å²) in [5, 5.41) is 7.01. The van der Waals surface area contributed by atoms with Crippen molar-refractivity contribution in [3.63, 3.8) is 0 Å². The summed E-state index contributed by atoms with van der Waals surface area (Å²) < 4.78 is 13.1. The first kappa shape index (κ1) is 19.3. The standard InChI is InChI=1S/C23H21FN2O2S/c24-18-9-7-17(8-10-18)23(28)25-20-4-1-5-21-19(20)3-2-13-26(21)22(27)11-6-16-12-14-29-15-16/h1,4-5,7-10,12,14-15H,2-3,6,11,13H2,(H,25,28). The summed E-state index contributed by atoms with van der Waals surface area (Å²) in [6.45, 7) is 0.685. The second-order valence-electron chi connectivity index (χ2n) is 7.04. The molecule has 0 saturated carbocycles. The van der Waals surface area contributed by atoms with Gasteiger partial charge in [0.05, 0.1) is 0 Å². The van der Waals surface area contributed by atoms with Crippen molar-refractivity contribution >= 4 is 34.5 Å². The summed E-state index contributed by atoms with van der Waals surface area (Å²) in [6, 6.07) is 13.1. The fraction of sp³-hybridized carbons (Fsp3) is 0.217. The summed E-state index contributed by atoms with van der Waals surface area (Å²) in [5.74, 6) is -0.575. The fourth-order valence-corrected chi connectivity index (χ4v) is 4.32. The molecule has 0 bridgehead atoms. The number of halogens is 1. The maximum Gasteiger partial charge on any atom is 0.255 e. The molecular weight excluding hydrogens is 387 g/mol. The van der Waals surface area contributed by atoms with Gasteiger partial charge in [0.25, 0.3) is 5.91 Å². The number of amides is 2. The highest BCUT2D eigenvalue weighted by Crippen LogP contribution is 2.33. The molecule has 2 heterocycles. The van der Waals surface area contributed by atoms with E-state index in [0.29, 0.717) is 24.2 Å². The van der Waals surface area contributed by atoms with Crippen LogP contribution >= 0.6 is 11.3 Å². The second-order valence-corrected chi connectivity index (χ2v) is 7.82. The molecule has 0 unspecified atom stereocenters. The second kappa shape index (κ2) is 8.57. The Kier molecular flexibility index (Phi) is 5.71. The van der Waals surface area contributed by atoms with Gasteiger partial charge in [0.2, 0.25) is 5.91 Å². The predicted octanol–water partition coefficient (Wildman–Crippen LogP) is 5.05.